The van der Waals surface area contributed by atoms with Gasteiger partial charge in [-0.2, -0.15) is 0 Å². The van der Waals surface area contributed by atoms with Crippen LogP contribution in [0.2, 0.25) is 0 Å². The average Bonchev–Trinajstić information content (AvgIpc) is 3.06. The van der Waals surface area contributed by atoms with E-state index in [-0.39, 0.29) is 10.8 Å². The second-order valence-corrected chi connectivity index (χ2v) is 11.8. The SMILES string of the molecule is CN1CCN(c2ccc(C(O)Nc3sc4c(c3C(=O)O)CC(C)(C)CC4(C)C)cc2)CC1. The highest BCUT2D eigenvalue weighted by atomic mass is 32.1. The molecule has 174 valence electrons. The first-order valence-electron chi connectivity index (χ1n) is 11.3. The molecule has 0 spiro atoms. The molecular formula is C25H35N3O3S. The van der Waals surface area contributed by atoms with Crippen LogP contribution in [0.3, 0.4) is 0 Å². The van der Waals surface area contributed by atoms with Crippen LogP contribution in [0.25, 0.3) is 0 Å². The Kier molecular flexibility index (Phi) is 6.03. The number of hydrogen-bond acceptors (Lipinski definition) is 6. The van der Waals surface area contributed by atoms with E-state index < -0.39 is 12.2 Å². The Morgan fingerprint density at radius 1 is 1.09 bits per heavy atom. The van der Waals surface area contributed by atoms with Gasteiger partial charge >= 0.3 is 5.97 Å². The highest BCUT2D eigenvalue weighted by molar-refractivity contribution is 7.17. The predicted octanol–water partition coefficient (Wildman–Crippen LogP) is 4.55. The maximum absolute atomic E-state index is 12.2. The monoisotopic (exact) mass is 457 g/mol. The number of carbonyl (C=O) groups is 1. The summed E-state index contributed by atoms with van der Waals surface area (Å²) in [5.41, 5.74) is 3.06. The topological polar surface area (TPSA) is 76.0 Å². The molecule has 1 aromatic heterocycles. The lowest BCUT2D eigenvalue weighted by Crippen LogP contribution is -2.44. The van der Waals surface area contributed by atoms with E-state index in [1.54, 1.807) is 0 Å². The van der Waals surface area contributed by atoms with Gasteiger partial charge in [0.05, 0.1) is 5.56 Å². The van der Waals surface area contributed by atoms with Gasteiger partial charge in [-0.3, -0.25) is 0 Å². The number of piperazine rings is 1. The number of fused-ring (bicyclic) bond motifs is 1. The molecule has 4 rings (SSSR count). The number of anilines is 2. The predicted molar refractivity (Wildman–Crippen MR) is 131 cm³/mol. The van der Waals surface area contributed by atoms with E-state index in [0.29, 0.717) is 10.6 Å². The molecule has 1 aliphatic heterocycles. The van der Waals surface area contributed by atoms with Crippen LogP contribution in [-0.2, 0) is 11.8 Å². The summed E-state index contributed by atoms with van der Waals surface area (Å²) in [5, 5.41) is 24.6. The van der Waals surface area contributed by atoms with Crippen molar-refractivity contribution >= 4 is 28.0 Å². The fourth-order valence-electron chi connectivity index (χ4n) is 5.47. The molecule has 1 unspecified atom stereocenters. The van der Waals surface area contributed by atoms with Crippen LogP contribution in [0.15, 0.2) is 24.3 Å². The maximum atomic E-state index is 12.2. The van der Waals surface area contributed by atoms with Gasteiger partial charge < -0.3 is 25.3 Å². The van der Waals surface area contributed by atoms with Crippen molar-refractivity contribution in [3.63, 3.8) is 0 Å². The van der Waals surface area contributed by atoms with E-state index in [2.05, 4.69) is 49.9 Å². The van der Waals surface area contributed by atoms with Crippen LogP contribution >= 0.6 is 11.3 Å². The zero-order valence-electron chi connectivity index (χ0n) is 19.7. The Balaban J connectivity index is 1.57. The molecule has 0 radical (unpaired) electrons. The minimum absolute atomic E-state index is 0.0384. The quantitative estimate of drug-likeness (QED) is 0.572. The molecular weight excluding hydrogens is 422 g/mol. The lowest BCUT2D eigenvalue weighted by molar-refractivity contribution is 0.0695. The molecule has 1 aliphatic carbocycles. The molecule has 1 fully saturated rings. The van der Waals surface area contributed by atoms with E-state index in [1.165, 1.54) is 11.3 Å². The number of benzene rings is 1. The van der Waals surface area contributed by atoms with Crippen LogP contribution in [0, 0.1) is 5.41 Å². The minimum atomic E-state index is -0.967. The number of aromatic carboxylic acids is 1. The van der Waals surface area contributed by atoms with Crippen molar-refractivity contribution < 1.29 is 15.0 Å². The molecule has 0 amide bonds. The van der Waals surface area contributed by atoms with Crippen LogP contribution in [0.5, 0.6) is 0 Å². The van der Waals surface area contributed by atoms with Crippen molar-refractivity contribution in [1.29, 1.82) is 0 Å². The summed E-state index contributed by atoms with van der Waals surface area (Å²) >= 11 is 1.48. The Morgan fingerprint density at radius 2 is 1.72 bits per heavy atom. The molecule has 1 aromatic carbocycles. The molecule has 1 saturated heterocycles. The van der Waals surface area contributed by atoms with Gasteiger partial charge in [-0.1, -0.05) is 39.8 Å². The van der Waals surface area contributed by atoms with Gasteiger partial charge in [-0.05, 0) is 48.4 Å². The molecule has 2 aliphatic rings. The van der Waals surface area contributed by atoms with Crippen molar-refractivity contribution in [2.75, 3.05) is 43.4 Å². The molecule has 2 heterocycles. The Labute approximate surface area is 194 Å². The molecule has 1 atom stereocenters. The number of aliphatic hydroxyl groups is 1. The van der Waals surface area contributed by atoms with Gasteiger partial charge in [0.2, 0.25) is 0 Å². The van der Waals surface area contributed by atoms with Crippen molar-refractivity contribution in [3.8, 4) is 0 Å². The standard InChI is InChI=1S/C25H35N3O3S/c1-24(2)14-18-19(23(30)31)22(32-20(18)25(3,4)15-24)26-21(29)16-6-8-17(9-7-16)28-12-10-27(5)11-13-28/h6-9,21,26,29H,10-15H2,1-5H3,(H,30,31). The van der Waals surface area contributed by atoms with Crippen LogP contribution in [0.4, 0.5) is 10.7 Å². The first-order valence-corrected chi connectivity index (χ1v) is 12.2. The number of carboxylic acid groups (broad SMARTS) is 1. The largest absolute Gasteiger partial charge is 0.478 e. The van der Waals surface area contributed by atoms with E-state index in [0.717, 1.165) is 60.7 Å². The average molecular weight is 458 g/mol. The van der Waals surface area contributed by atoms with Gasteiger partial charge in [0.25, 0.3) is 0 Å². The first-order chi connectivity index (χ1) is 15.0. The van der Waals surface area contributed by atoms with Crippen LogP contribution in [-0.4, -0.2) is 54.3 Å². The normalized spacial score (nSPS) is 21.1. The molecule has 0 saturated carbocycles. The fraction of sp³-hybridized carbons (Fsp3) is 0.560. The van der Waals surface area contributed by atoms with E-state index in [4.69, 9.17) is 0 Å². The minimum Gasteiger partial charge on any atom is -0.478 e. The lowest BCUT2D eigenvalue weighted by Gasteiger charge is -2.40. The molecule has 32 heavy (non-hydrogen) atoms. The number of thiophene rings is 1. The summed E-state index contributed by atoms with van der Waals surface area (Å²) in [5.74, 6) is -0.934. The Bertz CT molecular complexity index is 989. The highest BCUT2D eigenvalue weighted by Crippen LogP contribution is 2.52. The van der Waals surface area contributed by atoms with E-state index >= 15 is 0 Å². The summed E-state index contributed by atoms with van der Waals surface area (Å²) in [7, 11) is 2.14. The second kappa shape index (κ2) is 8.36. The molecule has 0 bridgehead atoms. The van der Waals surface area contributed by atoms with E-state index in [9.17, 15) is 15.0 Å². The van der Waals surface area contributed by atoms with Crippen molar-refractivity contribution in [2.24, 2.45) is 5.41 Å². The highest BCUT2D eigenvalue weighted by Gasteiger charge is 2.42. The fourth-order valence-corrected chi connectivity index (χ4v) is 6.80. The summed E-state index contributed by atoms with van der Waals surface area (Å²) in [6, 6.07) is 7.92. The summed E-state index contributed by atoms with van der Waals surface area (Å²) in [6.45, 7) is 12.8. The summed E-state index contributed by atoms with van der Waals surface area (Å²) in [6.07, 6.45) is 0.773. The maximum Gasteiger partial charge on any atom is 0.338 e. The van der Waals surface area contributed by atoms with Crippen LogP contribution < -0.4 is 10.2 Å². The number of nitrogens with zero attached hydrogens (tertiary/aromatic N) is 2. The number of hydrogen-bond donors (Lipinski definition) is 3. The van der Waals surface area contributed by atoms with Crippen molar-refractivity contribution in [1.82, 2.24) is 4.90 Å². The third-order valence-electron chi connectivity index (χ3n) is 6.76. The summed E-state index contributed by atoms with van der Waals surface area (Å²) in [4.78, 5) is 18.0. The molecule has 6 nitrogen and oxygen atoms in total. The number of aliphatic hydroxyl groups excluding tert-OH is 1. The van der Waals surface area contributed by atoms with Gasteiger partial charge in [0.1, 0.15) is 5.00 Å². The Hall–Kier alpha value is -2.09. The number of likely N-dealkylation sites (N-methyl/N-ethyl adjacent to an activating group) is 1. The smallest absolute Gasteiger partial charge is 0.338 e. The van der Waals surface area contributed by atoms with Crippen molar-refractivity contribution in [2.45, 2.75) is 52.2 Å². The number of carboxylic acids is 1. The third kappa shape index (κ3) is 4.51. The number of rotatable bonds is 5. The van der Waals surface area contributed by atoms with Gasteiger partial charge in [-0.25, -0.2) is 4.79 Å². The lowest BCUT2D eigenvalue weighted by atomic mass is 9.65. The van der Waals surface area contributed by atoms with Crippen molar-refractivity contribution in [3.05, 3.63) is 45.8 Å². The molecule has 2 aromatic rings. The first kappa shape index (κ1) is 23.1. The second-order valence-electron chi connectivity index (χ2n) is 10.7. The van der Waals surface area contributed by atoms with Gasteiger partial charge in [0.15, 0.2) is 6.23 Å². The summed E-state index contributed by atoms with van der Waals surface area (Å²) < 4.78 is 0. The van der Waals surface area contributed by atoms with Gasteiger partial charge in [0, 0.05) is 42.3 Å². The molecule has 7 heteroatoms. The van der Waals surface area contributed by atoms with Crippen LogP contribution in [0.1, 0.15) is 66.7 Å². The number of nitrogens with one attached hydrogen (secondary N) is 1. The van der Waals surface area contributed by atoms with E-state index in [1.807, 2.05) is 24.3 Å². The Morgan fingerprint density at radius 3 is 2.31 bits per heavy atom. The zero-order valence-corrected chi connectivity index (χ0v) is 20.6. The van der Waals surface area contributed by atoms with Gasteiger partial charge in [-0.15, -0.1) is 11.3 Å². The third-order valence-corrected chi connectivity index (χ3v) is 8.29. The zero-order chi connectivity index (χ0) is 23.3. The molecule has 3 N–H and O–H groups in total.